The predicted molar refractivity (Wildman–Crippen MR) is 93.7 cm³/mol. The van der Waals surface area contributed by atoms with Gasteiger partial charge in [0.1, 0.15) is 5.69 Å². The summed E-state index contributed by atoms with van der Waals surface area (Å²) in [4.78, 5) is 4.25. The highest BCUT2D eigenvalue weighted by Gasteiger charge is 2.15. The molecule has 3 rings (SSSR count). The minimum Gasteiger partial charge on any atom is -0.692 e. The maximum atomic E-state index is 12.3. The van der Waals surface area contributed by atoms with E-state index in [-0.39, 0.29) is 0 Å². The summed E-state index contributed by atoms with van der Waals surface area (Å²) in [6, 6.07) is 14.9. The summed E-state index contributed by atoms with van der Waals surface area (Å²) in [5.41, 5.74) is 2.93. The molecule has 0 N–H and O–H groups in total. The molecule has 0 bridgehead atoms. The fourth-order valence-corrected chi connectivity index (χ4v) is 2.90. The molecule has 0 unspecified atom stereocenters. The lowest BCUT2D eigenvalue weighted by Gasteiger charge is -2.22. The van der Waals surface area contributed by atoms with Crippen molar-refractivity contribution in [2.45, 2.75) is 0 Å². The van der Waals surface area contributed by atoms with Gasteiger partial charge in [-0.1, -0.05) is 12.1 Å². The van der Waals surface area contributed by atoms with Crippen LogP contribution in [0.2, 0.25) is 0 Å². The van der Waals surface area contributed by atoms with Gasteiger partial charge in [-0.25, -0.2) is 0 Å². The van der Waals surface area contributed by atoms with Crippen LogP contribution in [0, 0.1) is 5.21 Å². The smallest absolute Gasteiger partial charge is 0.250 e. The lowest BCUT2D eigenvalue weighted by atomic mass is 10.2. The van der Waals surface area contributed by atoms with Crippen molar-refractivity contribution in [3.63, 3.8) is 0 Å². The lowest BCUT2D eigenvalue weighted by molar-refractivity contribution is -0.664. The normalized spacial score (nSPS) is 11.0. The molecule has 0 fully saturated rings. The van der Waals surface area contributed by atoms with Crippen molar-refractivity contribution in [3.05, 3.63) is 53.7 Å². The standard InChI is InChI=1S/C16H16Cl2N4O/c17-9-11-20(12-10-18)13-5-7-14(8-6-13)21-19-15-3-1-2-4-16(15)22(21)23/h1-8H,9-12H2. The van der Waals surface area contributed by atoms with E-state index in [1.807, 2.05) is 42.5 Å². The maximum Gasteiger partial charge on any atom is 0.250 e. The summed E-state index contributed by atoms with van der Waals surface area (Å²) in [5, 5.41) is 16.7. The maximum absolute atomic E-state index is 12.3. The van der Waals surface area contributed by atoms with Crippen LogP contribution in [0.4, 0.5) is 5.69 Å². The highest BCUT2D eigenvalue weighted by Crippen LogP contribution is 2.18. The molecule has 0 aliphatic rings. The molecule has 2 aromatic carbocycles. The Morgan fingerprint density at radius 1 is 1.00 bits per heavy atom. The number of anilines is 1. The number of hydrogen-bond donors (Lipinski definition) is 0. The first-order valence-corrected chi connectivity index (χ1v) is 8.36. The number of rotatable bonds is 6. The molecular weight excluding hydrogens is 335 g/mol. The van der Waals surface area contributed by atoms with Crippen LogP contribution in [0.3, 0.4) is 0 Å². The quantitative estimate of drug-likeness (QED) is 0.390. The molecule has 7 heteroatoms. The molecule has 0 aliphatic carbocycles. The predicted octanol–water partition coefficient (Wildman–Crippen LogP) is 2.94. The molecule has 0 amide bonds. The second-order valence-corrected chi connectivity index (χ2v) is 5.79. The Labute approximate surface area is 144 Å². The van der Waals surface area contributed by atoms with Gasteiger partial charge in [0.15, 0.2) is 0 Å². The van der Waals surface area contributed by atoms with Crippen LogP contribution in [0.1, 0.15) is 0 Å². The molecular formula is C16H16Cl2N4O. The molecule has 0 saturated carbocycles. The van der Waals surface area contributed by atoms with Crippen LogP contribution in [-0.2, 0) is 0 Å². The number of halogens is 2. The van der Waals surface area contributed by atoms with Gasteiger partial charge in [-0.3, -0.25) is 0 Å². The second kappa shape index (κ2) is 7.06. The number of para-hydroxylation sites is 1. The number of hydrogen-bond acceptors (Lipinski definition) is 3. The number of nitrogens with zero attached hydrogens (tertiary/aromatic N) is 4. The summed E-state index contributed by atoms with van der Waals surface area (Å²) in [5.74, 6) is 1.06. The summed E-state index contributed by atoms with van der Waals surface area (Å²) >= 11 is 11.7. The number of aromatic nitrogens is 3. The monoisotopic (exact) mass is 350 g/mol. The van der Waals surface area contributed by atoms with E-state index < -0.39 is 0 Å². The van der Waals surface area contributed by atoms with Crippen LogP contribution >= 0.6 is 23.2 Å². The van der Waals surface area contributed by atoms with Gasteiger partial charge in [-0.05, 0) is 41.2 Å². The average Bonchev–Trinajstić information content (AvgIpc) is 2.92. The summed E-state index contributed by atoms with van der Waals surface area (Å²) < 4.78 is 0. The van der Waals surface area contributed by atoms with Crippen molar-refractivity contribution in [1.29, 1.82) is 0 Å². The number of alkyl halides is 2. The van der Waals surface area contributed by atoms with Crippen molar-refractivity contribution >= 4 is 39.9 Å². The zero-order chi connectivity index (χ0) is 16.2. The molecule has 3 aromatic rings. The highest BCUT2D eigenvalue weighted by atomic mass is 35.5. The third kappa shape index (κ3) is 3.21. The van der Waals surface area contributed by atoms with E-state index in [1.54, 1.807) is 6.07 Å². The topological polar surface area (TPSA) is 48.0 Å². The van der Waals surface area contributed by atoms with Crippen molar-refractivity contribution in [2.75, 3.05) is 29.7 Å². The lowest BCUT2D eigenvalue weighted by Crippen LogP contribution is -2.37. The Bertz CT molecular complexity index is 782. The molecule has 23 heavy (non-hydrogen) atoms. The molecule has 0 spiro atoms. The van der Waals surface area contributed by atoms with Gasteiger partial charge in [0.05, 0.1) is 5.10 Å². The van der Waals surface area contributed by atoms with Crippen LogP contribution in [0.15, 0.2) is 48.5 Å². The second-order valence-electron chi connectivity index (χ2n) is 5.03. The van der Waals surface area contributed by atoms with Crippen LogP contribution in [0.5, 0.6) is 0 Å². The van der Waals surface area contributed by atoms with Crippen LogP contribution < -0.4 is 9.75 Å². The zero-order valence-electron chi connectivity index (χ0n) is 12.4. The molecule has 0 aliphatic heterocycles. The Balaban J connectivity index is 1.93. The van der Waals surface area contributed by atoms with E-state index >= 15 is 0 Å². The molecule has 0 radical (unpaired) electrons. The SMILES string of the molecule is [O-][n+]1c2ccccc2nn1-c1ccc(N(CCCl)CCCl)cc1. The minimum atomic E-state index is 0.531. The molecule has 0 saturated heterocycles. The van der Waals surface area contributed by atoms with Gasteiger partial charge in [0, 0.05) is 30.5 Å². The van der Waals surface area contributed by atoms with Crippen LogP contribution in [-0.4, -0.2) is 34.7 Å². The fourth-order valence-electron chi connectivity index (χ4n) is 2.49. The third-order valence-electron chi connectivity index (χ3n) is 3.62. The summed E-state index contributed by atoms with van der Waals surface area (Å²) in [6.45, 7) is 1.45. The molecule has 1 aromatic heterocycles. The average molecular weight is 351 g/mol. The Morgan fingerprint density at radius 2 is 1.65 bits per heavy atom. The molecule has 1 heterocycles. The first kappa shape index (κ1) is 15.9. The van der Waals surface area contributed by atoms with Gasteiger partial charge in [-0.2, -0.15) is 0 Å². The number of benzene rings is 2. The van der Waals surface area contributed by atoms with E-state index in [9.17, 15) is 5.21 Å². The van der Waals surface area contributed by atoms with E-state index in [2.05, 4.69) is 10.00 Å². The van der Waals surface area contributed by atoms with Gasteiger partial charge >= 0.3 is 0 Å². The summed E-state index contributed by atoms with van der Waals surface area (Å²) in [6.07, 6.45) is 0. The van der Waals surface area contributed by atoms with E-state index in [4.69, 9.17) is 23.2 Å². The van der Waals surface area contributed by atoms with Crippen molar-refractivity contribution in [3.8, 4) is 5.69 Å². The van der Waals surface area contributed by atoms with Crippen molar-refractivity contribution in [1.82, 2.24) is 9.90 Å². The first-order valence-electron chi connectivity index (χ1n) is 7.29. The van der Waals surface area contributed by atoms with Gasteiger partial charge < -0.3 is 10.1 Å². The van der Waals surface area contributed by atoms with E-state index in [1.165, 1.54) is 4.80 Å². The minimum absolute atomic E-state index is 0.531. The Hall–Kier alpha value is -1.98. The van der Waals surface area contributed by atoms with Gasteiger partial charge in [0.25, 0.3) is 0 Å². The van der Waals surface area contributed by atoms with Gasteiger partial charge in [-0.15, -0.1) is 28.0 Å². The van der Waals surface area contributed by atoms with E-state index in [0.717, 1.165) is 23.6 Å². The molecule has 120 valence electrons. The largest absolute Gasteiger partial charge is 0.692 e. The molecule has 5 nitrogen and oxygen atoms in total. The number of fused-ring (bicyclic) bond motifs is 1. The zero-order valence-corrected chi connectivity index (χ0v) is 13.9. The fraction of sp³-hybridized carbons (Fsp3) is 0.250. The Kier molecular flexibility index (Phi) is 4.88. The van der Waals surface area contributed by atoms with E-state index in [0.29, 0.717) is 28.5 Å². The highest BCUT2D eigenvalue weighted by molar-refractivity contribution is 6.18. The van der Waals surface area contributed by atoms with Crippen molar-refractivity contribution in [2.24, 2.45) is 0 Å². The first-order chi connectivity index (χ1) is 11.2. The van der Waals surface area contributed by atoms with Gasteiger partial charge in [0.2, 0.25) is 11.0 Å². The molecule has 0 atom stereocenters. The Morgan fingerprint density at radius 3 is 2.26 bits per heavy atom. The van der Waals surface area contributed by atoms with Crippen molar-refractivity contribution < 1.29 is 4.85 Å². The summed E-state index contributed by atoms with van der Waals surface area (Å²) in [7, 11) is 0. The van der Waals surface area contributed by atoms with Crippen LogP contribution in [0.25, 0.3) is 16.7 Å². The third-order valence-corrected chi connectivity index (χ3v) is 3.96.